The molecule has 0 aliphatic carbocycles. The van der Waals surface area contributed by atoms with Crippen molar-refractivity contribution in [3.8, 4) is 11.8 Å². The van der Waals surface area contributed by atoms with Crippen LogP contribution in [0.25, 0.3) is 0 Å². The van der Waals surface area contributed by atoms with E-state index in [0.29, 0.717) is 24.6 Å². The molecule has 0 bridgehead atoms. The molecule has 0 saturated carbocycles. The topological polar surface area (TPSA) is 62.1 Å². The van der Waals surface area contributed by atoms with Gasteiger partial charge in [-0.1, -0.05) is 26.0 Å². The number of amides is 1. The van der Waals surface area contributed by atoms with E-state index in [1.54, 1.807) is 12.1 Å². The van der Waals surface area contributed by atoms with Gasteiger partial charge in [0.25, 0.3) is 5.91 Å². The van der Waals surface area contributed by atoms with Crippen molar-refractivity contribution in [3.63, 3.8) is 0 Å². The lowest BCUT2D eigenvalue weighted by molar-refractivity contribution is -0.123. The molecule has 1 N–H and O–H groups in total. The van der Waals surface area contributed by atoms with Crippen LogP contribution >= 0.6 is 0 Å². The molecule has 0 radical (unpaired) electrons. The van der Waals surface area contributed by atoms with Gasteiger partial charge in [-0.25, -0.2) is 0 Å². The summed E-state index contributed by atoms with van der Waals surface area (Å²) in [4.78, 5) is 11.5. The Balaban J connectivity index is 2.28. The van der Waals surface area contributed by atoms with E-state index < -0.39 is 0 Å². The lowest BCUT2D eigenvalue weighted by Gasteiger charge is -2.09. The van der Waals surface area contributed by atoms with Crippen LogP contribution in [0.2, 0.25) is 0 Å². The number of carbonyl (C=O) groups excluding carboxylic acids is 1. The van der Waals surface area contributed by atoms with Crippen molar-refractivity contribution < 1.29 is 9.53 Å². The summed E-state index contributed by atoms with van der Waals surface area (Å²) in [6.07, 6.45) is 1.35. The van der Waals surface area contributed by atoms with E-state index in [1.165, 1.54) is 0 Å². The first kappa shape index (κ1) is 15.0. The van der Waals surface area contributed by atoms with Crippen LogP contribution in [0.15, 0.2) is 24.3 Å². The molecule has 1 amide bonds. The van der Waals surface area contributed by atoms with Gasteiger partial charge in [-0.05, 0) is 30.0 Å². The van der Waals surface area contributed by atoms with Crippen molar-refractivity contribution in [2.75, 3.05) is 13.2 Å². The van der Waals surface area contributed by atoms with Gasteiger partial charge in [0.05, 0.1) is 12.5 Å². The lowest BCUT2D eigenvalue weighted by atomic mass is 10.1. The van der Waals surface area contributed by atoms with Gasteiger partial charge >= 0.3 is 0 Å². The fraction of sp³-hybridized carbons (Fsp3) is 0.467. The second kappa shape index (κ2) is 8.15. The zero-order valence-electron chi connectivity index (χ0n) is 11.5. The van der Waals surface area contributed by atoms with Crippen LogP contribution in [0.3, 0.4) is 0 Å². The van der Waals surface area contributed by atoms with Gasteiger partial charge in [-0.3, -0.25) is 4.79 Å². The van der Waals surface area contributed by atoms with Crippen LogP contribution in [0, 0.1) is 17.2 Å². The maximum atomic E-state index is 11.5. The minimum atomic E-state index is -0.109. The quantitative estimate of drug-likeness (QED) is 0.818. The smallest absolute Gasteiger partial charge is 0.257 e. The third-order valence-corrected chi connectivity index (χ3v) is 2.62. The summed E-state index contributed by atoms with van der Waals surface area (Å²) < 4.78 is 5.36. The summed E-state index contributed by atoms with van der Waals surface area (Å²) in [6.45, 7) is 4.94. The predicted octanol–water partition coefficient (Wildman–Crippen LogP) is 2.29. The Labute approximate surface area is 114 Å². The molecule has 1 aromatic carbocycles. The largest absolute Gasteiger partial charge is 0.484 e. The fourth-order valence-electron chi connectivity index (χ4n) is 1.49. The summed E-state index contributed by atoms with van der Waals surface area (Å²) >= 11 is 0. The minimum absolute atomic E-state index is 0.0235. The number of carbonyl (C=O) groups is 1. The van der Waals surface area contributed by atoms with E-state index in [9.17, 15) is 4.79 Å². The average Bonchev–Trinajstić information content (AvgIpc) is 2.38. The minimum Gasteiger partial charge on any atom is -0.484 e. The summed E-state index contributed by atoms with van der Waals surface area (Å²) in [5, 5.41) is 11.4. The van der Waals surface area contributed by atoms with Crippen molar-refractivity contribution in [2.45, 2.75) is 26.7 Å². The molecule has 0 spiro atoms. The summed E-state index contributed by atoms with van der Waals surface area (Å²) in [5.41, 5.74) is 0.941. The Morgan fingerprint density at radius 3 is 2.63 bits per heavy atom. The van der Waals surface area contributed by atoms with Gasteiger partial charge in [-0.15, -0.1) is 0 Å². The third kappa shape index (κ3) is 6.46. The van der Waals surface area contributed by atoms with E-state index in [4.69, 9.17) is 10.00 Å². The van der Waals surface area contributed by atoms with Crippen molar-refractivity contribution in [1.29, 1.82) is 5.26 Å². The first-order chi connectivity index (χ1) is 9.11. The molecule has 0 heterocycles. The van der Waals surface area contributed by atoms with E-state index in [0.717, 1.165) is 12.0 Å². The van der Waals surface area contributed by atoms with Gasteiger partial charge in [0.15, 0.2) is 6.61 Å². The highest BCUT2D eigenvalue weighted by Crippen LogP contribution is 2.12. The first-order valence-corrected chi connectivity index (χ1v) is 6.47. The molecule has 0 unspecified atom stereocenters. The molecule has 0 aliphatic heterocycles. The van der Waals surface area contributed by atoms with Gasteiger partial charge in [0, 0.05) is 6.54 Å². The van der Waals surface area contributed by atoms with Crippen LogP contribution in [0.4, 0.5) is 0 Å². The number of rotatable bonds is 7. The molecule has 19 heavy (non-hydrogen) atoms. The predicted molar refractivity (Wildman–Crippen MR) is 73.7 cm³/mol. The molecule has 4 nitrogen and oxygen atoms in total. The zero-order chi connectivity index (χ0) is 14.1. The standard InChI is InChI=1S/C15H20N2O2/c1-12(2)8-10-17-15(18)11-19-14-5-3-13(4-6-14)7-9-16/h3-6,12H,7-8,10-11H2,1-2H3,(H,17,18). The van der Waals surface area contributed by atoms with Crippen LogP contribution in [-0.2, 0) is 11.2 Å². The van der Waals surface area contributed by atoms with Crippen LogP contribution in [0.1, 0.15) is 25.8 Å². The molecule has 1 rings (SSSR count). The average molecular weight is 260 g/mol. The van der Waals surface area contributed by atoms with Crippen LogP contribution < -0.4 is 10.1 Å². The van der Waals surface area contributed by atoms with Gasteiger partial charge in [0.1, 0.15) is 5.75 Å². The maximum absolute atomic E-state index is 11.5. The van der Waals surface area contributed by atoms with E-state index in [-0.39, 0.29) is 12.5 Å². The highest BCUT2D eigenvalue weighted by molar-refractivity contribution is 5.77. The summed E-state index contributed by atoms with van der Waals surface area (Å²) in [6, 6.07) is 9.28. The summed E-state index contributed by atoms with van der Waals surface area (Å²) in [5.74, 6) is 1.11. The Morgan fingerprint density at radius 1 is 1.37 bits per heavy atom. The van der Waals surface area contributed by atoms with Gasteiger partial charge in [0.2, 0.25) is 0 Å². The normalized spacial score (nSPS) is 10.0. The maximum Gasteiger partial charge on any atom is 0.257 e. The molecule has 4 heteroatoms. The van der Waals surface area contributed by atoms with Crippen molar-refractivity contribution in [2.24, 2.45) is 5.92 Å². The number of ether oxygens (including phenoxy) is 1. The van der Waals surface area contributed by atoms with Crippen LogP contribution in [0.5, 0.6) is 5.75 Å². The highest BCUT2D eigenvalue weighted by atomic mass is 16.5. The molecule has 0 fully saturated rings. The molecule has 0 saturated heterocycles. The molecular weight excluding hydrogens is 240 g/mol. The molecule has 1 aromatic rings. The molecule has 102 valence electrons. The second-order valence-electron chi connectivity index (χ2n) is 4.80. The lowest BCUT2D eigenvalue weighted by Crippen LogP contribution is -2.30. The van der Waals surface area contributed by atoms with Crippen LogP contribution in [-0.4, -0.2) is 19.1 Å². The number of nitrogens with one attached hydrogen (secondary N) is 1. The van der Waals surface area contributed by atoms with Gasteiger partial charge in [-0.2, -0.15) is 5.26 Å². The Hall–Kier alpha value is -2.02. The van der Waals surface area contributed by atoms with E-state index in [1.807, 2.05) is 12.1 Å². The van der Waals surface area contributed by atoms with Crippen molar-refractivity contribution in [1.82, 2.24) is 5.32 Å². The Kier molecular flexibility index (Phi) is 6.45. The Morgan fingerprint density at radius 2 is 2.05 bits per heavy atom. The van der Waals surface area contributed by atoms with Crippen molar-refractivity contribution in [3.05, 3.63) is 29.8 Å². The number of benzene rings is 1. The third-order valence-electron chi connectivity index (χ3n) is 2.62. The van der Waals surface area contributed by atoms with E-state index in [2.05, 4.69) is 25.2 Å². The monoisotopic (exact) mass is 260 g/mol. The number of nitriles is 1. The Bertz CT molecular complexity index is 432. The summed E-state index contributed by atoms with van der Waals surface area (Å²) in [7, 11) is 0. The highest BCUT2D eigenvalue weighted by Gasteiger charge is 2.03. The van der Waals surface area contributed by atoms with Gasteiger partial charge < -0.3 is 10.1 Å². The van der Waals surface area contributed by atoms with Crippen molar-refractivity contribution >= 4 is 5.91 Å². The molecular formula is C15H20N2O2. The first-order valence-electron chi connectivity index (χ1n) is 6.47. The number of nitrogens with zero attached hydrogens (tertiary/aromatic N) is 1. The zero-order valence-corrected chi connectivity index (χ0v) is 11.5. The second-order valence-corrected chi connectivity index (χ2v) is 4.80. The SMILES string of the molecule is CC(C)CCNC(=O)COc1ccc(CC#N)cc1. The molecule has 0 atom stereocenters. The number of hydrogen-bond donors (Lipinski definition) is 1. The fourth-order valence-corrected chi connectivity index (χ4v) is 1.49. The number of hydrogen-bond acceptors (Lipinski definition) is 3. The van der Waals surface area contributed by atoms with E-state index >= 15 is 0 Å². The molecule has 0 aliphatic rings. The molecule has 0 aromatic heterocycles.